The molecular formula is C13H20FN3. The van der Waals surface area contributed by atoms with Crippen LogP contribution in [0.25, 0.3) is 0 Å². The molecule has 0 spiro atoms. The smallest absolute Gasteiger partial charge is 0.188 e. The Kier molecular flexibility index (Phi) is 6.07. The van der Waals surface area contributed by atoms with Gasteiger partial charge in [-0.2, -0.15) is 0 Å². The molecule has 0 unspecified atom stereocenters. The van der Waals surface area contributed by atoms with Gasteiger partial charge in [-0.3, -0.25) is 4.99 Å². The molecule has 0 saturated carbocycles. The molecule has 94 valence electrons. The Morgan fingerprint density at radius 2 is 2.29 bits per heavy atom. The van der Waals surface area contributed by atoms with Gasteiger partial charge in [-0.15, -0.1) is 0 Å². The molecule has 17 heavy (non-hydrogen) atoms. The number of guanidine groups is 1. The highest BCUT2D eigenvalue weighted by molar-refractivity contribution is 5.77. The van der Waals surface area contributed by atoms with Crippen LogP contribution in [0, 0.1) is 5.82 Å². The first-order valence-corrected chi connectivity index (χ1v) is 6.00. The van der Waals surface area contributed by atoms with Crippen LogP contribution in [-0.2, 0) is 6.42 Å². The van der Waals surface area contributed by atoms with Gasteiger partial charge in [0.1, 0.15) is 5.82 Å². The van der Waals surface area contributed by atoms with Crippen molar-refractivity contribution in [3.05, 3.63) is 35.6 Å². The average Bonchev–Trinajstić information content (AvgIpc) is 2.29. The Labute approximate surface area is 102 Å². The van der Waals surface area contributed by atoms with E-state index in [2.05, 4.69) is 17.2 Å². The van der Waals surface area contributed by atoms with Crippen molar-refractivity contribution in [3.63, 3.8) is 0 Å². The Balaban J connectivity index is 2.25. The van der Waals surface area contributed by atoms with Crippen molar-refractivity contribution in [2.45, 2.75) is 26.2 Å². The van der Waals surface area contributed by atoms with Crippen LogP contribution < -0.4 is 11.1 Å². The lowest BCUT2D eigenvalue weighted by molar-refractivity contribution is 0.625. The summed E-state index contributed by atoms with van der Waals surface area (Å²) in [7, 11) is 0. The van der Waals surface area contributed by atoms with Gasteiger partial charge in [-0.1, -0.05) is 25.5 Å². The number of halogens is 1. The number of nitrogens with two attached hydrogens (primary N) is 1. The third kappa shape index (κ3) is 5.90. The number of unbranched alkanes of at least 4 members (excludes halogenated alkanes) is 1. The minimum absolute atomic E-state index is 0.202. The molecule has 0 fully saturated rings. The van der Waals surface area contributed by atoms with Gasteiger partial charge in [0.2, 0.25) is 0 Å². The molecule has 3 N–H and O–H groups in total. The first-order chi connectivity index (χ1) is 8.22. The molecule has 1 rings (SSSR count). The maximum absolute atomic E-state index is 12.9. The van der Waals surface area contributed by atoms with Crippen LogP contribution in [-0.4, -0.2) is 19.0 Å². The summed E-state index contributed by atoms with van der Waals surface area (Å²) in [6, 6.07) is 6.59. The highest BCUT2D eigenvalue weighted by Crippen LogP contribution is 2.03. The molecule has 1 aromatic carbocycles. The van der Waals surface area contributed by atoms with Gasteiger partial charge >= 0.3 is 0 Å². The lowest BCUT2D eigenvalue weighted by Gasteiger charge is -2.05. The molecule has 0 aliphatic heterocycles. The van der Waals surface area contributed by atoms with E-state index >= 15 is 0 Å². The first-order valence-electron chi connectivity index (χ1n) is 6.00. The standard InChI is InChI=1S/C13H20FN3/c1-2-3-8-16-13(15)17-9-7-11-5-4-6-12(14)10-11/h4-6,10H,2-3,7-9H2,1H3,(H3,15,16,17). The normalized spacial score (nSPS) is 11.5. The fourth-order valence-electron chi connectivity index (χ4n) is 1.44. The molecule has 0 aliphatic rings. The largest absolute Gasteiger partial charge is 0.370 e. The molecule has 4 heteroatoms. The summed E-state index contributed by atoms with van der Waals surface area (Å²) < 4.78 is 12.9. The monoisotopic (exact) mass is 237 g/mol. The van der Waals surface area contributed by atoms with Crippen molar-refractivity contribution >= 4 is 5.96 Å². The van der Waals surface area contributed by atoms with Crippen molar-refractivity contribution in [1.29, 1.82) is 0 Å². The molecule has 3 nitrogen and oxygen atoms in total. The minimum Gasteiger partial charge on any atom is -0.370 e. The van der Waals surface area contributed by atoms with Gasteiger partial charge in [0.05, 0.1) is 0 Å². The first kappa shape index (κ1) is 13.5. The van der Waals surface area contributed by atoms with E-state index in [4.69, 9.17) is 5.73 Å². The zero-order valence-corrected chi connectivity index (χ0v) is 10.2. The summed E-state index contributed by atoms with van der Waals surface area (Å²) in [6.07, 6.45) is 2.90. The molecule has 0 aliphatic carbocycles. The quantitative estimate of drug-likeness (QED) is 0.452. The number of nitrogens with zero attached hydrogens (tertiary/aromatic N) is 1. The van der Waals surface area contributed by atoms with E-state index in [0.29, 0.717) is 12.5 Å². The number of aliphatic imine (C=N–C) groups is 1. The van der Waals surface area contributed by atoms with Gasteiger partial charge < -0.3 is 11.1 Å². The second-order valence-electron chi connectivity index (χ2n) is 3.93. The molecular weight excluding hydrogens is 217 g/mol. The highest BCUT2D eigenvalue weighted by atomic mass is 19.1. The predicted octanol–water partition coefficient (Wildman–Crippen LogP) is 2.07. The molecule has 0 bridgehead atoms. The molecule has 0 amide bonds. The number of benzene rings is 1. The maximum Gasteiger partial charge on any atom is 0.188 e. The van der Waals surface area contributed by atoms with E-state index in [9.17, 15) is 4.39 Å². The summed E-state index contributed by atoms with van der Waals surface area (Å²) >= 11 is 0. The Morgan fingerprint density at radius 3 is 3.00 bits per heavy atom. The predicted molar refractivity (Wildman–Crippen MR) is 69.5 cm³/mol. The van der Waals surface area contributed by atoms with Crippen molar-refractivity contribution in [2.24, 2.45) is 10.7 Å². The minimum atomic E-state index is -0.202. The lowest BCUT2D eigenvalue weighted by atomic mass is 10.1. The molecule has 1 aromatic rings. The molecule has 0 atom stereocenters. The summed E-state index contributed by atoms with van der Waals surface area (Å²) in [5.41, 5.74) is 6.63. The zero-order valence-electron chi connectivity index (χ0n) is 10.2. The van der Waals surface area contributed by atoms with Crippen LogP contribution in [0.3, 0.4) is 0 Å². The fourth-order valence-corrected chi connectivity index (χ4v) is 1.44. The van der Waals surface area contributed by atoms with Crippen LogP contribution in [0.1, 0.15) is 25.3 Å². The molecule has 0 radical (unpaired) electrons. The van der Waals surface area contributed by atoms with Crippen molar-refractivity contribution in [1.82, 2.24) is 5.32 Å². The fraction of sp³-hybridized carbons (Fsp3) is 0.462. The van der Waals surface area contributed by atoms with E-state index < -0.39 is 0 Å². The number of rotatable bonds is 6. The maximum atomic E-state index is 12.9. The van der Waals surface area contributed by atoms with Crippen LogP contribution in [0.5, 0.6) is 0 Å². The number of hydrogen-bond donors (Lipinski definition) is 2. The Bertz CT molecular complexity index is 363. The summed E-state index contributed by atoms with van der Waals surface area (Å²) in [4.78, 5) is 4.17. The van der Waals surface area contributed by atoms with E-state index in [1.54, 1.807) is 6.07 Å². The van der Waals surface area contributed by atoms with E-state index in [-0.39, 0.29) is 5.82 Å². The third-order valence-corrected chi connectivity index (χ3v) is 2.40. The van der Waals surface area contributed by atoms with Crippen LogP contribution in [0.4, 0.5) is 4.39 Å². The second kappa shape index (κ2) is 7.65. The van der Waals surface area contributed by atoms with E-state index in [1.165, 1.54) is 12.1 Å². The molecule has 0 heterocycles. The van der Waals surface area contributed by atoms with Gasteiger partial charge in [-0.05, 0) is 30.5 Å². The summed E-state index contributed by atoms with van der Waals surface area (Å²) in [5, 5.41) is 3.01. The van der Waals surface area contributed by atoms with E-state index in [1.807, 2.05) is 6.07 Å². The average molecular weight is 237 g/mol. The van der Waals surface area contributed by atoms with Crippen molar-refractivity contribution in [2.75, 3.05) is 13.1 Å². The number of nitrogens with one attached hydrogen (secondary N) is 1. The van der Waals surface area contributed by atoms with Gasteiger partial charge in [0.15, 0.2) is 5.96 Å². The van der Waals surface area contributed by atoms with Crippen LogP contribution in [0.15, 0.2) is 29.3 Å². The highest BCUT2D eigenvalue weighted by Gasteiger charge is 1.96. The van der Waals surface area contributed by atoms with Gasteiger partial charge in [0, 0.05) is 13.1 Å². The van der Waals surface area contributed by atoms with Gasteiger partial charge in [0.25, 0.3) is 0 Å². The van der Waals surface area contributed by atoms with Crippen LogP contribution in [0.2, 0.25) is 0 Å². The van der Waals surface area contributed by atoms with Crippen LogP contribution >= 0.6 is 0 Å². The van der Waals surface area contributed by atoms with E-state index in [0.717, 1.165) is 31.4 Å². The Morgan fingerprint density at radius 1 is 1.47 bits per heavy atom. The number of hydrogen-bond acceptors (Lipinski definition) is 1. The second-order valence-corrected chi connectivity index (χ2v) is 3.93. The topological polar surface area (TPSA) is 50.4 Å². The third-order valence-electron chi connectivity index (χ3n) is 2.40. The summed E-state index contributed by atoms with van der Waals surface area (Å²) in [6.45, 7) is 3.54. The lowest BCUT2D eigenvalue weighted by Crippen LogP contribution is -2.33. The SMILES string of the molecule is CCCCN=C(N)NCCc1cccc(F)c1. The van der Waals surface area contributed by atoms with Crippen molar-refractivity contribution < 1.29 is 4.39 Å². The molecule has 0 aromatic heterocycles. The summed E-state index contributed by atoms with van der Waals surface area (Å²) in [5.74, 6) is 0.266. The Hall–Kier alpha value is -1.58. The van der Waals surface area contributed by atoms with Gasteiger partial charge in [-0.25, -0.2) is 4.39 Å². The van der Waals surface area contributed by atoms with Crippen molar-refractivity contribution in [3.8, 4) is 0 Å². The zero-order chi connectivity index (χ0) is 12.5. The molecule has 0 saturated heterocycles.